The van der Waals surface area contributed by atoms with E-state index in [0.29, 0.717) is 11.7 Å². The van der Waals surface area contributed by atoms with Gasteiger partial charge in [0.05, 0.1) is 18.2 Å². The van der Waals surface area contributed by atoms with Gasteiger partial charge in [-0.3, -0.25) is 9.88 Å². The smallest absolute Gasteiger partial charge is 0.120 e. The first-order chi connectivity index (χ1) is 12.7. The predicted octanol–water partition coefficient (Wildman–Crippen LogP) is 2.68. The molecular formula is C21H26N2O3. The SMILES string of the molecule is C/C=C1\CN2CC[C@@H]1CC2C(O)c1ccnc2ccc(OCCO)cc12. The minimum atomic E-state index is -0.546. The number of rotatable bonds is 5. The summed E-state index contributed by atoms with van der Waals surface area (Å²) < 4.78 is 5.54. The van der Waals surface area contributed by atoms with Crippen molar-refractivity contribution in [3.8, 4) is 5.75 Å². The Morgan fingerprint density at radius 2 is 2.27 bits per heavy atom. The maximum atomic E-state index is 11.2. The van der Waals surface area contributed by atoms with Crippen LogP contribution in [0.1, 0.15) is 31.4 Å². The van der Waals surface area contributed by atoms with Gasteiger partial charge >= 0.3 is 0 Å². The fourth-order valence-electron chi connectivity index (χ4n) is 4.46. The molecule has 5 nitrogen and oxygen atoms in total. The Hall–Kier alpha value is -1.95. The van der Waals surface area contributed by atoms with E-state index in [1.165, 1.54) is 12.0 Å². The molecule has 3 aliphatic heterocycles. The third kappa shape index (κ3) is 3.11. The van der Waals surface area contributed by atoms with Crippen LogP contribution in [0.25, 0.3) is 10.9 Å². The first-order valence-electron chi connectivity index (χ1n) is 9.40. The van der Waals surface area contributed by atoms with Crippen LogP contribution in [0.4, 0.5) is 0 Å². The van der Waals surface area contributed by atoms with E-state index in [4.69, 9.17) is 9.84 Å². The maximum Gasteiger partial charge on any atom is 0.120 e. The van der Waals surface area contributed by atoms with E-state index in [1.54, 1.807) is 6.20 Å². The highest BCUT2D eigenvalue weighted by Crippen LogP contribution is 2.41. The molecule has 3 fully saturated rings. The minimum absolute atomic E-state index is 0.0216. The van der Waals surface area contributed by atoms with E-state index >= 15 is 0 Å². The van der Waals surface area contributed by atoms with Crippen LogP contribution < -0.4 is 4.74 Å². The van der Waals surface area contributed by atoms with Crippen molar-refractivity contribution in [2.24, 2.45) is 5.92 Å². The fourth-order valence-corrected chi connectivity index (χ4v) is 4.46. The molecule has 0 radical (unpaired) electrons. The molecule has 2 aromatic rings. The van der Waals surface area contributed by atoms with Gasteiger partial charge in [-0.15, -0.1) is 0 Å². The summed E-state index contributed by atoms with van der Waals surface area (Å²) in [5.41, 5.74) is 3.27. The number of allylic oxidation sites excluding steroid dienone is 1. The van der Waals surface area contributed by atoms with Crippen molar-refractivity contribution in [3.63, 3.8) is 0 Å². The van der Waals surface area contributed by atoms with Crippen LogP contribution >= 0.6 is 0 Å². The highest BCUT2D eigenvalue weighted by atomic mass is 16.5. The number of aliphatic hydroxyl groups is 2. The predicted molar refractivity (Wildman–Crippen MR) is 101 cm³/mol. The van der Waals surface area contributed by atoms with Crippen molar-refractivity contribution < 1.29 is 14.9 Å². The first-order valence-corrected chi connectivity index (χ1v) is 9.40. The molecule has 1 aromatic heterocycles. The van der Waals surface area contributed by atoms with Crippen molar-refractivity contribution in [2.75, 3.05) is 26.3 Å². The van der Waals surface area contributed by atoms with Gasteiger partial charge in [0, 0.05) is 24.2 Å². The lowest BCUT2D eigenvalue weighted by Crippen LogP contribution is -2.52. The van der Waals surface area contributed by atoms with Gasteiger partial charge in [-0.25, -0.2) is 0 Å². The minimum Gasteiger partial charge on any atom is -0.491 e. The number of ether oxygens (including phenoxy) is 1. The van der Waals surface area contributed by atoms with Crippen molar-refractivity contribution in [3.05, 3.63) is 47.7 Å². The summed E-state index contributed by atoms with van der Waals surface area (Å²) in [4.78, 5) is 6.84. The normalized spacial score (nSPS) is 27.8. The van der Waals surface area contributed by atoms with E-state index in [0.717, 1.165) is 36.0 Å². The van der Waals surface area contributed by atoms with Crippen molar-refractivity contribution in [2.45, 2.75) is 31.9 Å². The molecule has 0 aliphatic carbocycles. The van der Waals surface area contributed by atoms with Crippen LogP contribution in [-0.4, -0.2) is 52.4 Å². The molecule has 0 spiro atoms. The Morgan fingerprint density at radius 1 is 1.38 bits per heavy atom. The Balaban J connectivity index is 1.65. The molecule has 5 rings (SSSR count). The van der Waals surface area contributed by atoms with Crippen LogP contribution in [0, 0.1) is 5.92 Å². The molecule has 3 saturated heterocycles. The van der Waals surface area contributed by atoms with Crippen LogP contribution in [-0.2, 0) is 0 Å². The molecule has 4 heterocycles. The van der Waals surface area contributed by atoms with Gasteiger partial charge < -0.3 is 14.9 Å². The number of nitrogens with zero attached hydrogens (tertiary/aromatic N) is 2. The molecule has 4 atom stereocenters. The van der Waals surface area contributed by atoms with E-state index in [-0.39, 0.29) is 19.3 Å². The van der Waals surface area contributed by atoms with Crippen molar-refractivity contribution in [1.82, 2.24) is 9.88 Å². The highest BCUT2D eigenvalue weighted by Gasteiger charge is 2.40. The summed E-state index contributed by atoms with van der Waals surface area (Å²) in [5, 5.41) is 21.1. The molecule has 3 aliphatic rings. The number of piperidine rings is 3. The molecular weight excluding hydrogens is 328 g/mol. The quantitative estimate of drug-likeness (QED) is 0.808. The average Bonchev–Trinajstić information content (AvgIpc) is 2.71. The fraction of sp³-hybridized carbons (Fsp3) is 0.476. The summed E-state index contributed by atoms with van der Waals surface area (Å²) in [7, 11) is 0. The average molecular weight is 354 g/mol. The van der Waals surface area contributed by atoms with Crippen LogP contribution in [0.5, 0.6) is 5.75 Å². The van der Waals surface area contributed by atoms with E-state index in [1.807, 2.05) is 24.3 Å². The summed E-state index contributed by atoms with van der Waals surface area (Å²) in [6, 6.07) is 7.74. The second kappa shape index (κ2) is 7.35. The van der Waals surface area contributed by atoms with Gasteiger partial charge in [-0.1, -0.05) is 11.6 Å². The third-order valence-electron chi connectivity index (χ3n) is 5.83. The van der Waals surface area contributed by atoms with Gasteiger partial charge in [-0.05, 0) is 62.1 Å². The monoisotopic (exact) mass is 354 g/mol. The summed E-state index contributed by atoms with van der Waals surface area (Å²) in [6.07, 6.45) is 5.66. The van der Waals surface area contributed by atoms with Gasteiger partial charge in [0.2, 0.25) is 0 Å². The van der Waals surface area contributed by atoms with E-state index in [9.17, 15) is 5.11 Å². The number of aliphatic hydroxyl groups excluding tert-OH is 2. The molecule has 26 heavy (non-hydrogen) atoms. The highest BCUT2D eigenvalue weighted by molar-refractivity contribution is 5.84. The lowest BCUT2D eigenvalue weighted by atomic mass is 9.76. The van der Waals surface area contributed by atoms with E-state index < -0.39 is 6.10 Å². The Kier molecular flexibility index (Phi) is 4.94. The molecule has 3 unspecified atom stereocenters. The van der Waals surface area contributed by atoms with Gasteiger partial charge in [0.1, 0.15) is 12.4 Å². The topological polar surface area (TPSA) is 65.8 Å². The lowest BCUT2D eigenvalue weighted by molar-refractivity contribution is -0.00340. The number of fused-ring (bicyclic) bond motifs is 4. The lowest BCUT2D eigenvalue weighted by Gasteiger charge is -2.48. The van der Waals surface area contributed by atoms with Gasteiger partial charge in [0.25, 0.3) is 0 Å². The van der Waals surface area contributed by atoms with Gasteiger partial charge in [-0.2, -0.15) is 0 Å². The van der Waals surface area contributed by atoms with Crippen molar-refractivity contribution in [1.29, 1.82) is 0 Å². The maximum absolute atomic E-state index is 11.2. The standard InChI is InChI=1S/C21H26N2O3/c1-2-14-13-23-8-6-15(14)11-20(23)21(25)17-5-7-22-19-4-3-16(12-18(17)19)26-10-9-24/h2-5,7,12,15,20-21,24-25H,6,8-11,13H2,1H3/b14-2+/t15-,20?,21?/m1/s1. The number of aromatic nitrogens is 1. The second-order valence-electron chi connectivity index (χ2n) is 7.22. The number of pyridine rings is 1. The second-order valence-corrected chi connectivity index (χ2v) is 7.22. The molecule has 138 valence electrons. The summed E-state index contributed by atoms with van der Waals surface area (Å²) in [6.45, 7) is 4.38. The molecule has 2 N–H and O–H groups in total. The zero-order valence-electron chi connectivity index (χ0n) is 15.1. The number of benzene rings is 1. The molecule has 0 amide bonds. The Bertz CT molecular complexity index is 820. The number of hydrogen-bond acceptors (Lipinski definition) is 5. The van der Waals surface area contributed by atoms with Crippen LogP contribution in [0.15, 0.2) is 42.1 Å². The van der Waals surface area contributed by atoms with Crippen LogP contribution in [0.2, 0.25) is 0 Å². The zero-order chi connectivity index (χ0) is 18.1. The Labute approximate surface area is 153 Å². The first kappa shape index (κ1) is 17.5. The van der Waals surface area contributed by atoms with Crippen LogP contribution in [0.3, 0.4) is 0 Å². The Morgan fingerprint density at radius 3 is 3.00 bits per heavy atom. The largest absolute Gasteiger partial charge is 0.491 e. The third-order valence-corrected chi connectivity index (χ3v) is 5.83. The molecule has 1 aromatic carbocycles. The molecule has 2 bridgehead atoms. The van der Waals surface area contributed by atoms with Crippen molar-refractivity contribution >= 4 is 10.9 Å². The van der Waals surface area contributed by atoms with Gasteiger partial charge in [0.15, 0.2) is 0 Å². The molecule has 0 saturated carbocycles. The van der Waals surface area contributed by atoms with E-state index in [2.05, 4.69) is 22.9 Å². The zero-order valence-corrected chi connectivity index (χ0v) is 15.1. The summed E-state index contributed by atoms with van der Waals surface area (Å²) >= 11 is 0. The summed E-state index contributed by atoms with van der Waals surface area (Å²) in [5.74, 6) is 1.29. The number of hydrogen-bond donors (Lipinski definition) is 2. The molecule has 5 heteroatoms.